The van der Waals surface area contributed by atoms with Gasteiger partial charge in [-0.05, 0) is 18.2 Å². The van der Waals surface area contributed by atoms with Crippen molar-refractivity contribution in [2.75, 3.05) is 17.2 Å². The Morgan fingerprint density at radius 2 is 1.84 bits per heavy atom. The van der Waals surface area contributed by atoms with Gasteiger partial charge in [0, 0.05) is 12.0 Å². The van der Waals surface area contributed by atoms with Gasteiger partial charge in [0.05, 0.1) is 30.2 Å². The Labute approximate surface area is 146 Å². The SMILES string of the molecule is CS(=O)(=O)Nc1ccccc1C1=NN(S(C)(=O)=O)C(c2ccco2)C1. The second kappa shape index (κ2) is 6.19. The quantitative estimate of drug-likeness (QED) is 0.846. The van der Waals surface area contributed by atoms with E-state index in [4.69, 9.17) is 4.42 Å². The highest BCUT2D eigenvalue weighted by Crippen LogP contribution is 2.36. The maximum atomic E-state index is 12.1. The zero-order valence-corrected chi connectivity index (χ0v) is 15.2. The Morgan fingerprint density at radius 3 is 2.44 bits per heavy atom. The number of furan rings is 1. The van der Waals surface area contributed by atoms with Gasteiger partial charge in [0.2, 0.25) is 20.0 Å². The van der Waals surface area contributed by atoms with E-state index in [1.807, 2.05) is 0 Å². The molecule has 1 aromatic heterocycles. The topological polar surface area (TPSA) is 109 Å². The van der Waals surface area contributed by atoms with Gasteiger partial charge in [-0.1, -0.05) is 18.2 Å². The first-order chi connectivity index (χ1) is 11.6. The minimum absolute atomic E-state index is 0.267. The smallest absolute Gasteiger partial charge is 0.247 e. The number of nitrogens with zero attached hydrogens (tertiary/aromatic N) is 2. The van der Waals surface area contributed by atoms with Crippen molar-refractivity contribution < 1.29 is 21.3 Å². The van der Waals surface area contributed by atoms with Crippen molar-refractivity contribution in [3.05, 3.63) is 54.0 Å². The van der Waals surface area contributed by atoms with Crippen LogP contribution in [0.15, 0.2) is 52.2 Å². The molecule has 25 heavy (non-hydrogen) atoms. The molecule has 1 unspecified atom stereocenters. The van der Waals surface area contributed by atoms with Crippen LogP contribution in [0, 0.1) is 0 Å². The molecule has 1 N–H and O–H groups in total. The lowest BCUT2D eigenvalue weighted by atomic mass is 10.0. The Balaban J connectivity index is 2.04. The summed E-state index contributed by atoms with van der Waals surface area (Å²) in [4.78, 5) is 0. The number of nitrogens with one attached hydrogen (secondary N) is 1. The van der Waals surface area contributed by atoms with Gasteiger partial charge < -0.3 is 4.42 Å². The Hall–Kier alpha value is -2.33. The molecule has 8 nitrogen and oxygen atoms in total. The number of hydrogen-bond donors (Lipinski definition) is 1. The van der Waals surface area contributed by atoms with Crippen LogP contribution in [0.1, 0.15) is 23.8 Å². The van der Waals surface area contributed by atoms with Crippen LogP contribution in [0.4, 0.5) is 5.69 Å². The molecule has 0 radical (unpaired) electrons. The van der Waals surface area contributed by atoms with Gasteiger partial charge in [-0.25, -0.2) is 16.8 Å². The Bertz CT molecular complexity index is 1010. The highest BCUT2D eigenvalue weighted by atomic mass is 32.2. The third-order valence-electron chi connectivity index (χ3n) is 3.62. The van der Waals surface area contributed by atoms with Gasteiger partial charge in [0.15, 0.2) is 0 Å². The molecule has 134 valence electrons. The second-order valence-corrected chi connectivity index (χ2v) is 9.33. The van der Waals surface area contributed by atoms with Crippen molar-refractivity contribution in [3.8, 4) is 0 Å². The van der Waals surface area contributed by atoms with E-state index in [0.717, 1.165) is 16.9 Å². The van der Waals surface area contributed by atoms with Crippen LogP contribution in [0.2, 0.25) is 0 Å². The van der Waals surface area contributed by atoms with Gasteiger partial charge in [-0.3, -0.25) is 4.72 Å². The van der Waals surface area contributed by atoms with Crippen LogP contribution in [0.3, 0.4) is 0 Å². The number of benzene rings is 1. The molecule has 0 saturated heterocycles. The first kappa shape index (κ1) is 17.5. The van der Waals surface area contributed by atoms with E-state index in [1.165, 1.54) is 6.26 Å². The third-order valence-corrected chi connectivity index (χ3v) is 5.22. The molecule has 0 amide bonds. The summed E-state index contributed by atoms with van der Waals surface area (Å²) in [6, 6.07) is 9.46. The lowest BCUT2D eigenvalue weighted by Gasteiger charge is -2.18. The van der Waals surface area contributed by atoms with Crippen molar-refractivity contribution in [2.24, 2.45) is 5.10 Å². The third kappa shape index (κ3) is 3.85. The van der Waals surface area contributed by atoms with Crippen LogP contribution < -0.4 is 4.72 Å². The van der Waals surface area contributed by atoms with Crippen molar-refractivity contribution in [3.63, 3.8) is 0 Å². The van der Waals surface area contributed by atoms with Crippen LogP contribution >= 0.6 is 0 Å². The van der Waals surface area contributed by atoms with E-state index in [-0.39, 0.29) is 6.42 Å². The van der Waals surface area contributed by atoms with Crippen molar-refractivity contribution in [1.29, 1.82) is 0 Å². The average Bonchev–Trinajstić information content (AvgIpc) is 3.14. The molecule has 3 rings (SSSR count). The molecule has 10 heteroatoms. The number of anilines is 1. The Kier molecular flexibility index (Phi) is 4.33. The lowest BCUT2D eigenvalue weighted by Crippen LogP contribution is -2.25. The maximum Gasteiger partial charge on any atom is 0.247 e. The number of hydrogen-bond acceptors (Lipinski definition) is 6. The zero-order valence-electron chi connectivity index (χ0n) is 13.6. The van der Waals surface area contributed by atoms with E-state index in [0.29, 0.717) is 22.7 Å². The van der Waals surface area contributed by atoms with E-state index in [2.05, 4.69) is 9.82 Å². The monoisotopic (exact) mass is 383 g/mol. The molecule has 0 bridgehead atoms. The molecule has 0 spiro atoms. The first-order valence-electron chi connectivity index (χ1n) is 7.32. The predicted molar refractivity (Wildman–Crippen MR) is 94.2 cm³/mol. The number of hydrazone groups is 1. The van der Waals surface area contributed by atoms with Crippen molar-refractivity contribution in [1.82, 2.24) is 4.41 Å². The number of rotatable bonds is 5. The van der Waals surface area contributed by atoms with E-state index in [1.54, 1.807) is 36.4 Å². The molecule has 1 aromatic carbocycles. The normalized spacial score (nSPS) is 18.2. The van der Waals surface area contributed by atoms with Crippen LogP contribution in [0.25, 0.3) is 0 Å². The summed E-state index contributed by atoms with van der Waals surface area (Å²) in [5.74, 6) is 0.470. The molecule has 1 atom stereocenters. The standard InChI is InChI=1S/C15H17N3O5S2/c1-24(19,20)17-12-7-4-3-6-11(12)13-10-14(15-8-5-9-23-15)18(16-13)25(2,21)22/h3-9,14,17H,10H2,1-2H3. The average molecular weight is 383 g/mol. The fourth-order valence-corrected chi connectivity index (χ4v) is 4.14. The molecule has 1 aliphatic rings. The highest BCUT2D eigenvalue weighted by Gasteiger charge is 2.36. The minimum Gasteiger partial charge on any atom is -0.467 e. The second-order valence-electron chi connectivity index (χ2n) is 5.74. The molecule has 0 aliphatic carbocycles. The number of sulfonamides is 2. The van der Waals surface area contributed by atoms with Crippen LogP contribution in [-0.4, -0.2) is 39.5 Å². The van der Waals surface area contributed by atoms with E-state index >= 15 is 0 Å². The summed E-state index contributed by atoms with van der Waals surface area (Å²) < 4.78 is 56.1. The summed E-state index contributed by atoms with van der Waals surface area (Å²) >= 11 is 0. The summed E-state index contributed by atoms with van der Waals surface area (Å²) in [6.07, 6.45) is 3.85. The largest absolute Gasteiger partial charge is 0.467 e. The van der Waals surface area contributed by atoms with Crippen LogP contribution in [0.5, 0.6) is 0 Å². The lowest BCUT2D eigenvalue weighted by molar-refractivity contribution is 0.322. The van der Waals surface area contributed by atoms with Crippen LogP contribution in [-0.2, 0) is 20.0 Å². The van der Waals surface area contributed by atoms with E-state index in [9.17, 15) is 16.8 Å². The summed E-state index contributed by atoms with van der Waals surface area (Å²) in [6.45, 7) is 0. The predicted octanol–water partition coefficient (Wildman–Crippen LogP) is 1.76. The van der Waals surface area contributed by atoms with Gasteiger partial charge in [0.1, 0.15) is 11.8 Å². The molecular weight excluding hydrogens is 366 g/mol. The fraction of sp³-hybridized carbons (Fsp3) is 0.267. The Morgan fingerprint density at radius 1 is 1.12 bits per heavy atom. The molecule has 0 saturated carbocycles. The summed E-state index contributed by atoms with van der Waals surface area (Å²) in [5.41, 5.74) is 1.33. The fourth-order valence-electron chi connectivity index (χ4n) is 2.67. The summed E-state index contributed by atoms with van der Waals surface area (Å²) in [7, 11) is -7.10. The molecule has 2 heterocycles. The van der Waals surface area contributed by atoms with Gasteiger partial charge >= 0.3 is 0 Å². The maximum absolute atomic E-state index is 12.1. The van der Waals surface area contributed by atoms with Crippen molar-refractivity contribution >= 4 is 31.4 Å². The first-order valence-corrected chi connectivity index (χ1v) is 11.1. The van der Waals surface area contributed by atoms with Gasteiger partial charge in [-0.2, -0.15) is 9.52 Å². The highest BCUT2D eigenvalue weighted by molar-refractivity contribution is 7.92. The molecule has 1 aliphatic heterocycles. The molecular formula is C15H17N3O5S2. The van der Waals surface area contributed by atoms with Gasteiger partial charge in [0.25, 0.3) is 0 Å². The molecule has 2 aromatic rings. The number of para-hydroxylation sites is 1. The molecule has 0 fully saturated rings. The van der Waals surface area contributed by atoms with Crippen molar-refractivity contribution in [2.45, 2.75) is 12.5 Å². The van der Waals surface area contributed by atoms with E-state index < -0.39 is 26.1 Å². The minimum atomic E-state index is -3.62. The van der Waals surface area contributed by atoms with Gasteiger partial charge in [-0.15, -0.1) is 0 Å². The zero-order chi connectivity index (χ0) is 18.2. The summed E-state index contributed by atoms with van der Waals surface area (Å²) in [5, 5.41) is 4.22.